The second-order valence-corrected chi connectivity index (χ2v) is 10.7. The zero-order valence-electron chi connectivity index (χ0n) is 20.4. The molecule has 36 heavy (non-hydrogen) atoms. The molecule has 0 saturated carbocycles. The van der Waals surface area contributed by atoms with Crippen LogP contribution in [0.1, 0.15) is 37.0 Å². The number of halogens is 4. The average Bonchev–Trinajstić information content (AvgIpc) is 2.78. The van der Waals surface area contributed by atoms with E-state index in [0.29, 0.717) is 23.3 Å². The summed E-state index contributed by atoms with van der Waals surface area (Å²) in [5.74, 6) is -1.19. The first-order chi connectivity index (χ1) is 16.7. The number of sulfonamides is 1. The van der Waals surface area contributed by atoms with Gasteiger partial charge in [-0.15, -0.1) is 0 Å². The summed E-state index contributed by atoms with van der Waals surface area (Å²) in [4.78, 5) is 27.4. The molecule has 0 saturated heterocycles. The molecule has 2 aromatic rings. The van der Waals surface area contributed by atoms with Crippen LogP contribution < -0.4 is 9.62 Å². The van der Waals surface area contributed by atoms with E-state index in [-0.39, 0.29) is 12.2 Å². The first kappa shape index (κ1) is 29.4. The second kappa shape index (κ2) is 12.0. The van der Waals surface area contributed by atoms with E-state index in [9.17, 15) is 31.2 Å². The SMILES string of the molecule is CCCNC(=O)C(C)N(Cc1ccccc1C)C(=O)CN(c1ccc(Cl)c(C(F)(F)F)c1)S(C)(=O)=O. The highest BCUT2D eigenvalue weighted by atomic mass is 35.5. The highest BCUT2D eigenvalue weighted by Gasteiger charge is 2.35. The molecule has 0 fully saturated rings. The minimum atomic E-state index is -4.83. The molecule has 1 N–H and O–H groups in total. The maximum atomic E-state index is 13.4. The van der Waals surface area contributed by atoms with Crippen molar-refractivity contribution in [3.05, 3.63) is 64.2 Å². The highest BCUT2D eigenvalue weighted by molar-refractivity contribution is 7.92. The first-order valence-corrected chi connectivity index (χ1v) is 13.4. The van der Waals surface area contributed by atoms with Gasteiger partial charge in [-0.2, -0.15) is 13.2 Å². The fraction of sp³-hybridized carbons (Fsp3) is 0.417. The van der Waals surface area contributed by atoms with E-state index in [1.165, 1.54) is 11.8 Å². The maximum Gasteiger partial charge on any atom is 0.417 e. The summed E-state index contributed by atoms with van der Waals surface area (Å²) in [7, 11) is -4.19. The van der Waals surface area contributed by atoms with Crippen molar-refractivity contribution in [2.75, 3.05) is 23.7 Å². The molecule has 1 atom stereocenters. The van der Waals surface area contributed by atoms with Crippen LogP contribution in [0, 0.1) is 6.92 Å². The van der Waals surface area contributed by atoms with E-state index in [0.717, 1.165) is 29.5 Å². The number of anilines is 1. The summed E-state index contributed by atoms with van der Waals surface area (Å²) in [6.07, 6.45) is -3.38. The van der Waals surface area contributed by atoms with Gasteiger partial charge in [0.15, 0.2) is 0 Å². The molecule has 0 aliphatic carbocycles. The van der Waals surface area contributed by atoms with Crippen LogP contribution in [0.4, 0.5) is 18.9 Å². The van der Waals surface area contributed by atoms with Crippen molar-refractivity contribution in [1.29, 1.82) is 0 Å². The molecule has 0 bridgehead atoms. The van der Waals surface area contributed by atoms with E-state index >= 15 is 0 Å². The topological polar surface area (TPSA) is 86.8 Å². The van der Waals surface area contributed by atoms with Crippen LogP contribution in [0.2, 0.25) is 5.02 Å². The summed E-state index contributed by atoms with van der Waals surface area (Å²) >= 11 is 5.67. The predicted molar refractivity (Wildman–Crippen MR) is 133 cm³/mol. The Morgan fingerprint density at radius 2 is 1.78 bits per heavy atom. The van der Waals surface area contributed by atoms with Crippen molar-refractivity contribution < 1.29 is 31.2 Å². The molecule has 2 aromatic carbocycles. The second-order valence-electron chi connectivity index (χ2n) is 8.35. The lowest BCUT2D eigenvalue weighted by Gasteiger charge is -2.32. The third kappa shape index (κ3) is 7.60. The van der Waals surface area contributed by atoms with Gasteiger partial charge < -0.3 is 10.2 Å². The van der Waals surface area contributed by atoms with Gasteiger partial charge in [0.1, 0.15) is 12.6 Å². The van der Waals surface area contributed by atoms with Gasteiger partial charge in [-0.25, -0.2) is 8.42 Å². The summed E-state index contributed by atoms with van der Waals surface area (Å²) in [5, 5.41) is 2.11. The van der Waals surface area contributed by atoms with Crippen molar-refractivity contribution in [1.82, 2.24) is 10.2 Å². The van der Waals surface area contributed by atoms with Crippen LogP contribution in [-0.4, -0.2) is 50.5 Å². The van der Waals surface area contributed by atoms with E-state index in [4.69, 9.17) is 11.6 Å². The number of carbonyl (C=O) groups is 2. The van der Waals surface area contributed by atoms with Crippen molar-refractivity contribution in [2.45, 2.75) is 46.0 Å². The van der Waals surface area contributed by atoms with E-state index in [2.05, 4.69) is 5.32 Å². The number of benzene rings is 2. The molecular formula is C24H29ClF3N3O4S. The van der Waals surface area contributed by atoms with E-state index in [1.807, 2.05) is 26.0 Å². The summed E-state index contributed by atoms with van der Waals surface area (Å²) in [5.41, 5.74) is -0.0185. The lowest BCUT2D eigenvalue weighted by Crippen LogP contribution is -2.51. The highest BCUT2D eigenvalue weighted by Crippen LogP contribution is 2.37. The number of carbonyl (C=O) groups excluding carboxylic acids is 2. The number of aryl methyl sites for hydroxylation is 1. The van der Waals surface area contributed by atoms with E-state index < -0.39 is 51.2 Å². The lowest BCUT2D eigenvalue weighted by atomic mass is 10.1. The van der Waals surface area contributed by atoms with Crippen molar-refractivity contribution in [3.8, 4) is 0 Å². The van der Waals surface area contributed by atoms with Crippen LogP contribution in [0.3, 0.4) is 0 Å². The van der Waals surface area contributed by atoms with Crippen LogP contribution in [-0.2, 0) is 32.3 Å². The van der Waals surface area contributed by atoms with Crippen LogP contribution in [0.25, 0.3) is 0 Å². The van der Waals surface area contributed by atoms with Gasteiger partial charge >= 0.3 is 6.18 Å². The summed E-state index contributed by atoms with van der Waals surface area (Å²) < 4.78 is 65.8. The van der Waals surface area contributed by atoms with Crippen molar-refractivity contribution in [3.63, 3.8) is 0 Å². The Bertz CT molecular complexity index is 1210. The molecule has 0 radical (unpaired) electrons. The fourth-order valence-corrected chi connectivity index (χ4v) is 4.52. The molecular weight excluding hydrogens is 519 g/mol. The maximum absolute atomic E-state index is 13.4. The first-order valence-electron chi connectivity index (χ1n) is 11.1. The third-order valence-corrected chi connectivity index (χ3v) is 7.01. The van der Waals surface area contributed by atoms with Crippen LogP contribution in [0.5, 0.6) is 0 Å². The van der Waals surface area contributed by atoms with Crippen molar-refractivity contribution >= 4 is 39.1 Å². The Kier molecular flexibility index (Phi) is 9.78. The number of amides is 2. The monoisotopic (exact) mass is 547 g/mol. The van der Waals surface area contributed by atoms with Gasteiger partial charge in [-0.05, 0) is 49.6 Å². The van der Waals surface area contributed by atoms with Gasteiger partial charge in [0, 0.05) is 13.1 Å². The number of nitrogens with one attached hydrogen (secondary N) is 1. The Morgan fingerprint density at radius 3 is 2.33 bits per heavy atom. The number of hydrogen-bond acceptors (Lipinski definition) is 4. The zero-order chi connectivity index (χ0) is 27.3. The Hall–Kier alpha value is -2.79. The lowest BCUT2D eigenvalue weighted by molar-refractivity contribution is -0.139. The predicted octanol–water partition coefficient (Wildman–Crippen LogP) is 4.38. The molecule has 0 aliphatic heterocycles. The minimum Gasteiger partial charge on any atom is -0.354 e. The van der Waals surface area contributed by atoms with Crippen LogP contribution in [0.15, 0.2) is 42.5 Å². The molecule has 0 aliphatic rings. The Morgan fingerprint density at radius 1 is 1.14 bits per heavy atom. The molecule has 0 aromatic heterocycles. The number of nitrogens with zero attached hydrogens (tertiary/aromatic N) is 2. The van der Waals surface area contributed by atoms with E-state index in [1.54, 1.807) is 12.1 Å². The van der Waals surface area contributed by atoms with Gasteiger partial charge in [0.2, 0.25) is 21.8 Å². The Balaban J connectivity index is 2.48. The largest absolute Gasteiger partial charge is 0.417 e. The molecule has 2 rings (SSSR count). The Labute approximate surface area is 214 Å². The van der Waals surface area contributed by atoms with Gasteiger partial charge in [-0.1, -0.05) is 42.8 Å². The number of hydrogen-bond donors (Lipinski definition) is 1. The molecule has 2 amide bonds. The molecule has 7 nitrogen and oxygen atoms in total. The number of rotatable bonds is 10. The standard InChI is InChI=1S/C24H29ClF3N3O4S/c1-5-12-29-23(33)17(3)30(14-18-9-7-6-8-16(18)2)22(32)15-31(36(4,34)35)19-10-11-21(25)20(13-19)24(26,27)28/h6-11,13,17H,5,12,14-15H2,1-4H3,(H,29,33). The summed E-state index contributed by atoms with van der Waals surface area (Å²) in [6.45, 7) is 4.78. The molecule has 0 spiro atoms. The minimum absolute atomic E-state index is 0.00175. The average molecular weight is 548 g/mol. The number of alkyl halides is 3. The smallest absolute Gasteiger partial charge is 0.354 e. The fourth-order valence-electron chi connectivity index (χ4n) is 3.45. The van der Waals surface area contributed by atoms with Gasteiger partial charge in [0.25, 0.3) is 0 Å². The van der Waals surface area contributed by atoms with Crippen molar-refractivity contribution in [2.24, 2.45) is 0 Å². The summed E-state index contributed by atoms with van der Waals surface area (Å²) in [6, 6.07) is 8.81. The molecule has 12 heteroatoms. The molecule has 0 heterocycles. The molecule has 1 unspecified atom stereocenters. The molecule has 198 valence electrons. The van der Waals surface area contributed by atoms with Gasteiger partial charge in [-0.3, -0.25) is 13.9 Å². The van der Waals surface area contributed by atoms with Crippen LogP contribution >= 0.6 is 11.6 Å². The zero-order valence-corrected chi connectivity index (χ0v) is 22.0. The normalized spacial score (nSPS) is 12.7. The third-order valence-electron chi connectivity index (χ3n) is 5.54. The quantitative estimate of drug-likeness (QED) is 0.478. The van der Waals surface area contributed by atoms with Gasteiger partial charge in [0.05, 0.1) is 22.5 Å².